The second-order valence-corrected chi connectivity index (χ2v) is 6.57. The summed E-state index contributed by atoms with van der Waals surface area (Å²) < 4.78 is 10.6. The number of ether oxygens (including phenoxy) is 1. The molecule has 1 saturated carbocycles. The van der Waals surface area contributed by atoms with Crippen LogP contribution in [0.5, 0.6) is 5.75 Å². The van der Waals surface area contributed by atoms with E-state index in [0.717, 1.165) is 29.4 Å². The van der Waals surface area contributed by atoms with Gasteiger partial charge in [-0.1, -0.05) is 36.6 Å². The van der Waals surface area contributed by atoms with Crippen molar-refractivity contribution in [2.24, 2.45) is 11.1 Å². The third-order valence-electron chi connectivity index (χ3n) is 4.90. The largest absolute Gasteiger partial charge is 0.497 e. The van der Waals surface area contributed by atoms with Crippen LogP contribution in [0.15, 0.2) is 28.8 Å². The minimum Gasteiger partial charge on any atom is -0.497 e. The Bertz CT molecular complexity index is 621. The lowest BCUT2D eigenvalue weighted by Gasteiger charge is -2.34. The van der Waals surface area contributed by atoms with Gasteiger partial charge >= 0.3 is 0 Å². The van der Waals surface area contributed by atoms with Gasteiger partial charge < -0.3 is 15.0 Å². The summed E-state index contributed by atoms with van der Waals surface area (Å²) in [4.78, 5) is 4.57. The number of halogens is 1. The molecular formula is C18H26ClN3O2. The van der Waals surface area contributed by atoms with Crippen molar-refractivity contribution in [2.45, 2.75) is 44.9 Å². The number of rotatable bonds is 6. The van der Waals surface area contributed by atoms with Gasteiger partial charge in [0.25, 0.3) is 0 Å². The fourth-order valence-corrected chi connectivity index (χ4v) is 3.44. The Morgan fingerprint density at radius 2 is 1.88 bits per heavy atom. The van der Waals surface area contributed by atoms with Crippen LogP contribution < -0.4 is 10.5 Å². The Hall–Kier alpha value is -1.59. The fraction of sp³-hybridized carbons (Fsp3) is 0.556. The highest BCUT2D eigenvalue weighted by Gasteiger charge is 2.32. The highest BCUT2D eigenvalue weighted by atomic mass is 35.5. The number of nitrogens with two attached hydrogens (primary N) is 1. The van der Waals surface area contributed by atoms with E-state index in [1.54, 1.807) is 7.11 Å². The first-order valence-corrected chi connectivity index (χ1v) is 8.37. The zero-order chi connectivity index (χ0) is 16.1. The SMILES string of the molecule is COc1ccc(Cc2noc(CC3(CN)CCCCC3)n2)cc1.Cl. The van der Waals surface area contributed by atoms with Gasteiger partial charge in [-0.25, -0.2) is 0 Å². The summed E-state index contributed by atoms with van der Waals surface area (Å²) >= 11 is 0. The van der Waals surface area contributed by atoms with Crippen LogP contribution in [-0.4, -0.2) is 23.8 Å². The van der Waals surface area contributed by atoms with Crippen molar-refractivity contribution in [1.29, 1.82) is 0 Å². The Labute approximate surface area is 149 Å². The monoisotopic (exact) mass is 351 g/mol. The summed E-state index contributed by atoms with van der Waals surface area (Å²) in [6, 6.07) is 7.94. The molecule has 1 aliphatic carbocycles. The lowest BCUT2D eigenvalue weighted by Crippen LogP contribution is -2.35. The van der Waals surface area contributed by atoms with Gasteiger partial charge in [-0.05, 0) is 42.5 Å². The van der Waals surface area contributed by atoms with E-state index in [1.165, 1.54) is 32.1 Å². The van der Waals surface area contributed by atoms with E-state index < -0.39 is 0 Å². The molecule has 0 spiro atoms. The van der Waals surface area contributed by atoms with E-state index in [0.29, 0.717) is 13.0 Å². The summed E-state index contributed by atoms with van der Waals surface area (Å²) in [5.74, 6) is 2.30. The lowest BCUT2D eigenvalue weighted by molar-refractivity contribution is 0.177. The maximum absolute atomic E-state index is 6.04. The van der Waals surface area contributed by atoms with E-state index in [4.69, 9.17) is 15.0 Å². The molecule has 0 amide bonds. The first-order chi connectivity index (χ1) is 11.2. The first-order valence-electron chi connectivity index (χ1n) is 8.37. The molecule has 2 N–H and O–H groups in total. The van der Waals surface area contributed by atoms with Crippen LogP contribution in [0.3, 0.4) is 0 Å². The Balaban J connectivity index is 0.00000208. The molecule has 1 fully saturated rings. The van der Waals surface area contributed by atoms with Crippen LogP contribution in [0.1, 0.15) is 49.4 Å². The number of benzene rings is 1. The Morgan fingerprint density at radius 3 is 2.50 bits per heavy atom. The number of hydrogen-bond acceptors (Lipinski definition) is 5. The van der Waals surface area contributed by atoms with Gasteiger partial charge in [0.2, 0.25) is 5.89 Å². The predicted octanol–water partition coefficient (Wildman–Crippen LogP) is 3.54. The zero-order valence-corrected chi connectivity index (χ0v) is 15.0. The van der Waals surface area contributed by atoms with Crippen LogP contribution in [0.4, 0.5) is 0 Å². The average Bonchev–Trinajstić information content (AvgIpc) is 3.03. The van der Waals surface area contributed by atoms with Crippen molar-refractivity contribution in [3.63, 3.8) is 0 Å². The second kappa shape index (κ2) is 8.49. The molecule has 0 unspecified atom stereocenters. The Morgan fingerprint density at radius 1 is 1.17 bits per heavy atom. The molecule has 2 aromatic rings. The van der Waals surface area contributed by atoms with Crippen molar-refractivity contribution in [3.05, 3.63) is 41.5 Å². The molecule has 1 aliphatic rings. The third-order valence-corrected chi connectivity index (χ3v) is 4.90. The van der Waals surface area contributed by atoms with Gasteiger partial charge in [-0.3, -0.25) is 0 Å². The zero-order valence-electron chi connectivity index (χ0n) is 14.2. The quantitative estimate of drug-likeness (QED) is 0.861. The highest BCUT2D eigenvalue weighted by molar-refractivity contribution is 5.85. The van der Waals surface area contributed by atoms with Crippen molar-refractivity contribution in [1.82, 2.24) is 10.1 Å². The van der Waals surface area contributed by atoms with Gasteiger partial charge in [0, 0.05) is 12.8 Å². The summed E-state index contributed by atoms with van der Waals surface area (Å²) in [6.45, 7) is 0.698. The molecule has 6 heteroatoms. The first kappa shape index (κ1) is 18.7. The molecule has 0 aliphatic heterocycles. The molecule has 0 atom stereocenters. The second-order valence-electron chi connectivity index (χ2n) is 6.57. The van der Waals surface area contributed by atoms with Crippen molar-refractivity contribution < 1.29 is 9.26 Å². The Kier molecular flexibility index (Phi) is 6.63. The smallest absolute Gasteiger partial charge is 0.227 e. The van der Waals surface area contributed by atoms with E-state index >= 15 is 0 Å². The number of methoxy groups -OCH3 is 1. The fourth-order valence-electron chi connectivity index (χ4n) is 3.44. The summed E-state index contributed by atoms with van der Waals surface area (Å²) in [5, 5.41) is 4.13. The number of hydrogen-bond donors (Lipinski definition) is 1. The summed E-state index contributed by atoms with van der Waals surface area (Å²) in [6.07, 6.45) is 7.63. The van der Waals surface area contributed by atoms with Gasteiger partial charge in [-0.15, -0.1) is 12.4 Å². The summed E-state index contributed by atoms with van der Waals surface area (Å²) in [5.41, 5.74) is 7.34. The molecule has 0 saturated heterocycles. The van der Waals surface area contributed by atoms with E-state index in [1.807, 2.05) is 24.3 Å². The van der Waals surface area contributed by atoms with Gasteiger partial charge in [0.15, 0.2) is 5.82 Å². The molecule has 0 bridgehead atoms. The van der Waals surface area contributed by atoms with Gasteiger partial charge in [0.05, 0.1) is 7.11 Å². The van der Waals surface area contributed by atoms with E-state index in [-0.39, 0.29) is 17.8 Å². The molecule has 24 heavy (non-hydrogen) atoms. The van der Waals surface area contributed by atoms with E-state index in [2.05, 4.69) is 10.1 Å². The molecule has 1 aromatic carbocycles. The molecule has 132 valence electrons. The van der Waals surface area contributed by atoms with E-state index in [9.17, 15) is 0 Å². The number of nitrogens with zero attached hydrogens (tertiary/aromatic N) is 2. The van der Waals surface area contributed by atoms with Crippen LogP contribution in [0.2, 0.25) is 0 Å². The lowest BCUT2D eigenvalue weighted by atomic mass is 9.72. The minimum atomic E-state index is 0. The third kappa shape index (κ3) is 4.48. The topological polar surface area (TPSA) is 74.2 Å². The average molecular weight is 352 g/mol. The number of aromatic nitrogens is 2. The van der Waals surface area contributed by atoms with Crippen LogP contribution in [0, 0.1) is 5.41 Å². The predicted molar refractivity (Wildman–Crippen MR) is 95.6 cm³/mol. The molecule has 5 nitrogen and oxygen atoms in total. The highest BCUT2D eigenvalue weighted by Crippen LogP contribution is 2.38. The summed E-state index contributed by atoms with van der Waals surface area (Å²) in [7, 11) is 1.67. The standard InChI is InChI=1S/C18H25N3O2.ClH/c1-22-15-7-5-14(6-8-15)11-16-20-17(23-21-16)12-18(13-19)9-3-2-4-10-18;/h5-8H,2-4,9-13,19H2,1H3;1H. The molecule has 1 heterocycles. The maximum atomic E-state index is 6.04. The maximum Gasteiger partial charge on any atom is 0.227 e. The van der Waals surface area contributed by atoms with Crippen molar-refractivity contribution in [2.75, 3.05) is 13.7 Å². The molecule has 3 rings (SSSR count). The minimum absolute atomic E-state index is 0. The van der Waals surface area contributed by atoms with Crippen LogP contribution in [0.25, 0.3) is 0 Å². The normalized spacial score (nSPS) is 16.4. The van der Waals surface area contributed by atoms with Crippen molar-refractivity contribution in [3.8, 4) is 5.75 Å². The molecule has 0 radical (unpaired) electrons. The molecule has 1 aromatic heterocycles. The van der Waals surface area contributed by atoms with Gasteiger partial charge in [-0.2, -0.15) is 4.98 Å². The molecular weight excluding hydrogens is 326 g/mol. The van der Waals surface area contributed by atoms with Crippen LogP contribution in [-0.2, 0) is 12.8 Å². The van der Waals surface area contributed by atoms with Crippen LogP contribution >= 0.6 is 12.4 Å². The van der Waals surface area contributed by atoms with Crippen molar-refractivity contribution >= 4 is 12.4 Å². The van der Waals surface area contributed by atoms with Gasteiger partial charge in [0.1, 0.15) is 5.75 Å².